The quantitative estimate of drug-likeness (QED) is 0.0537. The highest BCUT2D eigenvalue weighted by molar-refractivity contribution is 5.91. The number of phenols is 6. The van der Waals surface area contributed by atoms with E-state index in [2.05, 4.69) is 0 Å². The molecule has 0 aliphatic heterocycles. The Morgan fingerprint density at radius 1 is 0.583 bits per heavy atom. The molecule has 0 radical (unpaired) electrons. The minimum absolute atomic E-state index is 0.00144. The van der Waals surface area contributed by atoms with Gasteiger partial charge in [0, 0.05) is 5.92 Å². The second kappa shape index (κ2) is 16.2. The molecule has 0 saturated heterocycles. The molecule has 254 valence electrons. The van der Waals surface area contributed by atoms with E-state index in [1.165, 1.54) is 0 Å². The third kappa shape index (κ3) is 9.15. The Kier molecular flexibility index (Phi) is 11.8. The molecular formula is C36H38O12. The fourth-order valence-corrected chi connectivity index (χ4v) is 5.30. The van der Waals surface area contributed by atoms with Gasteiger partial charge < -0.3 is 49.6 Å². The Morgan fingerprint density at radius 2 is 0.979 bits per heavy atom. The predicted molar refractivity (Wildman–Crippen MR) is 173 cm³/mol. The molecule has 0 aliphatic rings. The van der Waals surface area contributed by atoms with E-state index >= 15 is 0 Å². The molecule has 12 heteroatoms. The lowest BCUT2D eigenvalue weighted by Crippen LogP contribution is -2.26. The Morgan fingerprint density at radius 3 is 1.40 bits per heavy atom. The maximum Gasteiger partial charge on any atom is 0.338 e. The predicted octanol–water partition coefficient (Wildman–Crippen LogP) is 5.45. The monoisotopic (exact) mass is 662 g/mol. The van der Waals surface area contributed by atoms with Gasteiger partial charge in [-0.05, 0) is 91.3 Å². The zero-order chi connectivity index (χ0) is 34.8. The summed E-state index contributed by atoms with van der Waals surface area (Å²) in [6.07, 6.45) is 2.01. The lowest BCUT2D eigenvalue weighted by Gasteiger charge is -2.28. The van der Waals surface area contributed by atoms with Crippen LogP contribution >= 0.6 is 0 Å². The van der Waals surface area contributed by atoms with Gasteiger partial charge in [-0.25, -0.2) is 9.59 Å². The van der Waals surface area contributed by atoms with Crippen LogP contribution in [0.2, 0.25) is 0 Å². The van der Waals surface area contributed by atoms with E-state index < -0.39 is 46.4 Å². The number of esters is 2. The van der Waals surface area contributed by atoms with Crippen LogP contribution in [0.15, 0.2) is 72.8 Å². The molecule has 48 heavy (non-hydrogen) atoms. The summed E-state index contributed by atoms with van der Waals surface area (Å²) in [4.78, 5) is 25.6. The number of carbonyl (C=O) groups excluding carboxylic acids is 2. The number of hydrogen-bond donors (Lipinski definition) is 6. The third-order valence-electron chi connectivity index (χ3n) is 7.97. The summed E-state index contributed by atoms with van der Waals surface area (Å²) in [5, 5.41) is 58.6. The highest BCUT2D eigenvalue weighted by Gasteiger charge is 2.26. The second-order valence-corrected chi connectivity index (χ2v) is 11.2. The van der Waals surface area contributed by atoms with Gasteiger partial charge in [-0.15, -0.1) is 0 Å². The maximum atomic E-state index is 13.0. The molecule has 0 spiro atoms. The van der Waals surface area contributed by atoms with Crippen LogP contribution in [0.5, 0.6) is 46.0 Å². The van der Waals surface area contributed by atoms with Crippen LogP contribution in [-0.4, -0.2) is 70.0 Å². The first kappa shape index (κ1) is 35.1. The van der Waals surface area contributed by atoms with Crippen LogP contribution in [0.25, 0.3) is 0 Å². The van der Waals surface area contributed by atoms with Crippen molar-refractivity contribution in [3.63, 3.8) is 0 Å². The van der Waals surface area contributed by atoms with Crippen LogP contribution in [0.3, 0.4) is 0 Å². The Bertz CT molecular complexity index is 1650. The van der Waals surface area contributed by atoms with Crippen molar-refractivity contribution in [3.8, 4) is 46.0 Å². The highest BCUT2D eigenvalue weighted by atomic mass is 16.5. The zero-order valence-electron chi connectivity index (χ0n) is 26.5. The summed E-state index contributed by atoms with van der Waals surface area (Å²) in [6.45, 7) is -0.0403. The topological polar surface area (TPSA) is 192 Å². The lowest BCUT2D eigenvalue weighted by atomic mass is 9.80. The molecule has 4 rings (SSSR count). The van der Waals surface area contributed by atoms with Crippen molar-refractivity contribution < 1.29 is 59.2 Å². The molecule has 4 aromatic rings. The lowest BCUT2D eigenvalue weighted by molar-refractivity contribution is 0.0361. The molecule has 0 aliphatic carbocycles. The Hall–Kier alpha value is -5.78. The number of ether oxygens (including phenoxy) is 4. The van der Waals surface area contributed by atoms with Gasteiger partial charge in [-0.2, -0.15) is 0 Å². The van der Waals surface area contributed by atoms with Crippen molar-refractivity contribution in [2.24, 2.45) is 11.8 Å². The van der Waals surface area contributed by atoms with Crippen molar-refractivity contribution in [2.45, 2.75) is 25.7 Å². The van der Waals surface area contributed by atoms with Crippen LogP contribution in [0.1, 0.15) is 44.7 Å². The first-order chi connectivity index (χ1) is 23.0. The largest absolute Gasteiger partial charge is 0.504 e. The van der Waals surface area contributed by atoms with Crippen molar-refractivity contribution >= 4 is 11.9 Å². The number of phenolic OH excluding ortho intramolecular Hbond substituents is 6. The highest BCUT2D eigenvalue weighted by Crippen LogP contribution is 2.37. The first-order valence-corrected chi connectivity index (χ1v) is 15.1. The van der Waals surface area contributed by atoms with E-state index in [0.717, 1.165) is 35.4 Å². The molecule has 0 bridgehead atoms. The van der Waals surface area contributed by atoms with Crippen molar-refractivity contribution in [1.29, 1.82) is 0 Å². The number of methoxy groups -OCH3 is 2. The van der Waals surface area contributed by atoms with Gasteiger partial charge in [0.15, 0.2) is 34.5 Å². The minimum atomic E-state index is -0.808. The van der Waals surface area contributed by atoms with Crippen LogP contribution in [-0.2, 0) is 22.3 Å². The summed E-state index contributed by atoms with van der Waals surface area (Å²) in [5.41, 5.74) is 1.67. The number of carbonyl (C=O) groups is 2. The number of aromatic hydroxyl groups is 6. The van der Waals surface area contributed by atoms with Crippen LogP contribution < -0.4 is 9.47 Å². The standard InChI is InChI=1S/C36H38O12/c1-45-27-9-5-21(6-10-27)14-23(4-3-13-47-35(43)24-16-29(37)33(41)30(38)17-24)26(15-22-7-11-28(46-2)12-8-22)20-48-36(44)25-18-31(39)34(42)32(40)19-25/h5-12,16-19,23,26,37-42H,3-4,13-15,20H2,1-2H3/t23-,26+/m0/s1. The fraction of sp³-hybridized carbons (Fsp3) is 0.278. The molecule has 0 saturated carbocycles. The molecule has 0 unspecified atom stereocenters. The van der Waals surface area contributed by atoms with Gasteiger partial charge in [0.25, 0.3) is 0 Å². The molecule has 0 heterocycles. The summed E-state index contributed by atoms with van der Waals surface area (Å²) in [7, 11) is 3.15. The molecular weight excluding hydrogens is 624 g/mol. The maximum absolute atomic E-state index is 13.0. The van der Waals surface area contributed by atoms with Gasteiger partial charge in [-0.3, -0.25) is 0 Å². The molecule has 4 aromatic carbocycles. The van der Waals surface area contributed by atoms with Crippen molar-refractivity contribution in [3.05, 3.63) is 95.1 Å². The van der Waals surface area contributed by atoms with Crippen LogP contribution in [0.4, 0.5) is 0 Å². The number of rotatable bonds is 15. The van der Waals surface area contributed by atoms with E-state index in [1.54, 1.807) is 14.2 Å². The molecule has 6 N–H and O–H groups in total. The van der Waals surface area contributed by atoms with Gasteiger partial charge in [0.05, 0.1) is 38.6 Å². The van der Waals surface area contributed by atoms with E-state index in [9.17, 15) is 40.2 Å². The summed E-state index contributed by atoms with van der Waals surface area (Å²) < 4.78 is 21.7. The average molecular weight is 663 g/mol. The zero-order valence-corrected chi connectivity index (χ0v) is 26.5. The van der Waals surface area contributed by atoms with Gasteiger partial charge >= 0.3 is 11.9 Å². The van der Waals surface area contributed by atoms with Crippen LogP contribution in [0, 0.1) is 11.8 Å². The van der Waals surface area contributed by atoms with E-state index in [1.807, 2.05) is 48.5 Å². The second-order valence-electron chi connectivity index (χ2n) is 11.2. The summed E-state index contributed by atoms with van der Waals surface area (Å²) >= 11 is 0. The first-order valence-electron chi connectivity index (χ1n) is 15.1. The van der Waals surface area contributed by atoms with Gasteiger partial charge in [-0.1, -0.05) is 24.3 Å². The van der Waals surface area contributed by atoms with Crippen molar-refractivity contribution in [1.82, 2.24) is 0 Å². The third-order valence-corrected chi connectivity index (χ3v) is 7.97. The normalized spacial score (nSPS) is 12.1. The van der Waals surface area contributed by atoms with Gasteiger partial charge in [0.1, 0.15) is 11.5 Å². The van der Waals surface area contributed by atoms with Crippen molar-refractivity contribution in [2.75, 3.05) is 27.4 Å². The average Bonchev–Trinajstić information content (AvgIpc) is 3.09. The van der Waals surface area contributed by atoms with E-state index in [-0.39, 0.29) is 36.2 Å². The SMILES string of the molecule is COc1ccc(C[C@H](CCCOC(=O)c2cc(O)c(O)c(O)c2)[C@@H](COC(=O)c2cc(O)c(O)c(O)c2)Cc2ccc(OC)cc2)cc1. The smallest absolute Gasteiger partial charge is 0.338 e. The Labute approximate surface area is 277 Å². The summed E-state index contributed by atoms with van der Waals surface area (Å²) in [6, 6.07) is 19.1. The molecule has 0 aromatic heterocycles. The Balaban J connectivity index is 1.55. The molecule has 12 nitrogen and oxygen atoms in total. The van der Waals surface area contributed by atoms with E-state index in [0.29, 0.717) is 37.2 Å². The van der Waals surface area contributed by atoms with Gasteiger partial charge in [0.2, 0.25) is 0 Å². The molecule has 0 amide bonds. The molecule has 2 atom stereocenters. The number of benzene rings is 4. The minimum Gasteiger partial charge on any atom is -0.504 e. The summed E-state index contributed by atoms with van der Waals surface area (Å²) in [5.74, 6) is -4.74. The van der Waals surface area contributed by atoms with E-state index in [4.69, 9.17) is 18.9 Å². The number of hydrogen-bond acceptors (Lipinski definition) is 12. The molecule has 0 fully saturated rings. The fourth-order valence-electron chi connectivity index (χ4n) is 5.30.